The molecular formula is C18H20F3NO. The maximum absolute atomic E-state index is 12.6. The molecule has 0 amide bonds. The smallest absolute Gasteiger partial charge is 0.383 e. The van der Waals surface area contributed by atoms with Crippen LogP contribution in [0.25, 0.3) is 0 Å². The summed E-state index contributed by atoms with van der Waals surface area (Å²) in [5, 5.41) is 9.36. The Morgan fingerprint density at radius 2 is 1.96 bits per heavy atom. The van der Waals surface area contributed by atoms with Crippen molar-refractivity contribution >= 4 is 5.71 Å². The molecule has 0 fully saturated rings. The first-order chi connectivity index (χ1) is 10.9. The van der Waals surface area contributed by atoms with Crippen molar-refractivity contribution in [2.75, 3.05) is 6.54 Å². The van der Waals surface area contributed by atoms with Gasteiger partial charge in [0.2, 0.25) is 0 Å². The van der Waals surface area contributed by atoms with Crippen LogP contribution in [-0.4, -0.2) is 29.6 Å². The Morgan fingerprint density at radius 1 is 1.22 bits per heavy atom. The summed E-state index contributed by atoms with van der Waals surface area (Å²) in [5.41, 5.74) is 1.85. The number of aliphatic hydroxyl groups is 1. The van der Waals surface area contributed by atoms with Crippen molar-refractivity contribution in [3.05, 3.63) is 48.1 Å². The van der Waals surface area contributed by atoms with E-state index in [0.717, 1.165) is 11.3 Å². The lowest BCUT2D eigenvalue weighted by Crippen LogP contribution is -2.36. The predicted octanol–water partition coefficient (Wildman–Crippen LogP) is 3.86. The van der Waals surface area contributed by atoms with Crippen LogP contribution in [0.5, 0.6) is 0 Å². The summed E-state index contributed by atoms with van der Waals surface area (Å²) in [6.45, 7) is 2.83. The highest BCUT2D eigenvalue weighted by molar-refractivity contribution is 6.04. The molecule has 0 spiro atoms. The second-order valence-electron chi connectivity index (χ2n) is 6.43. The molecule has 1 N–H and O–H groups in total. The van der Waals surface area contributed by atoms with Gasteiger partial charge in [-0.05, 0) is 17.9 Å². The van der Waals surface area contributed by atoms with Crippen molar-refractivity contribution in [1.82, 2.24) is 0 Å². The van der Waals surface area contributed by atoms with E-state index in [0.29, 0.717) is 18.4 Å². The molecule has 0 saturated carbocycles. The molecule has 1 aliphatic heterocycles. The van der Waals surface area contributed by atoms with Gasteiger partial charge in [0.1, 0.15) is 0 Å². The molecule has 2 nitrogen and oxygen atoms in total. The van der Waals surface area contributed by atoms with Gasteiger partial charge in [-0.15, -0.1) is 0 Å². The summed E-state index contributed by atoms with van der Waals surface area (Å²) >= 11 is 0. The van der Waals surface area contributed by atoms with E-state index in [1.807, 2.05) is 12.2 Å². The zero-order valence-electron chi connectivity index (χ0n) is 12.9. The minimum atomic E-state index is -4.58. The lowest BCUT2D eigenvalue weighted by atomic mass is 9.73. The van der Waals surface area contributed by atoms with E-state index in [2.05, 4.69) is 24.1 Å². The molecule has 23 heavy (non-hydrogen) atoms. The van der Waals surface area contributed by atoms with Gasteiger partial charge in [0.25, 0.3) is 0 Å². The van der Waals surface area contributed by atoms with Crippen LogP contribution < -0.4 is 0 Å². The third-order valence-electron chi connectivity index (χ3n) is 4.95. The van der Waals surface area contributed by atoms with E-state index >= 15 is 0 Å². The van der Waals surface area contributed by atoms with E-state index in [9.17, 15) is 18.3 Å². The van der Waals surface area contributed by atoms with Crippen molar-refractivity contribution in [3.63, 3.8) is 0 Å². The Kier molecular flexibility index (Phi) is 4.32. The maximum Gasteiger partial charge on any atom is 0.414 e. The van der Waals surface area contributed by atoms with Crippen LogP contribution >= 0.6 is 0 Å². The van der Waals surface area contributed by atoms with Crippen LogP contribution in [-0.2, 0) is 0 Å². The Labute approximate surface area is 133 Å². The van der Waals surface area contributed by atoms with Crippen molar-refractivity contribution in [2.24, 2.45) is 28.7 Å². The lowest BCUT2D eigenvalue weighted by molar-refractivity contribution is -0.214. The molecule has 0 aromatic heterocycles. The number of aliphatic imine (C=N–C) groups is 1. The van der Waals surface area contributed by atoms with Crippen LogP contribution in [0.15, 0.2) is 53.1 Å². The number of fused-ring (bicyclic) bond motifs is 1. The van der Waals surface area contributed by atoms with E-state index < -0.39 is 18.2 Å². The predicted molar refractivity (Wildman–Crippen MR) is 84.1 cm³/mol. The Bertz CT molecular complexity index is 612. The molecule has 2 aliphatic carbocycles. The summed E-state index contributed by atoms with van der Waals surface area (Å²) in [4.78, 5) is 4.66. The Hall–Kier alpha value is -1.62. The number of nitrogens with zero attached hydrogens (tertiary/aromatic N) is 1. The number of halogens is 3. The van der Waals surface area contributed by atoms with E-state index in [1.54, 1.807) is 12.2 Å². The normalized spacial score (nSPS) is 34.7. The number of alkyl halides is 3. The molecule has 0 aromatic rings. The average Bonchev–Trinajstić information content (AvgIpc) is 2.54. The fraction of sp³-hybridized carbons (Fsp3) is 0.500. The van der Waals surface area contributed by atoms with Gasteiger partial charge < -0.3 is 5.11 Å². The number of hydrogen-bond donors (Lipinski definition) is 1. The lowest BCUT2D eigenvalue weighted by Gasteiger charge is -2.35. The highest BCUT2D eigenvalue weighted by atomic mass is 19.4. The van der Waals surface area contributed by atoms with E-state index in [-0.39, 0.29) is 12.3 Å². The van der Waals surface area contributed by atoms with Crippen LogP contribution in [0.2, 0.25) is 0 Å². The third-order valence-corrected chi connectivity index (χ3v) is 4.95. The first-order valence-electron chi connectivity index (χ1n) is 7.91. The summed E-state index contributed by atoms with van der Waals surface area (Å²) in [6, 6.07) is 0. The Balaban J connectivity index is 1.73. The molecule has 1 heterocycles. The molecule has 3 rings (SSSR count). The highest BCUT2D eigenvalue weighted by Crippen LogP contribution is 2.36. The molecule has 0 bridgehead atoms. The molecule has 5 atom stereocenters. The quantitative estimate of drug-likeness (QED) is 0.822. The summed E-state index contributed by atoms with van der Waals surface area (Å²) in [7, 11) is 0. The minimum absolute atomic E-state index is 0.183. The minimum Gasteiger partial charge on any atom is -0.383 e. The van der Waals surface area contributed by atoms with Gasteiger partial charge in [0.15, 0.2) is 6.10 Å². The molecule has 124 valence electrons. The molecule has 0 radical (unpaired) electrons. The van der Waals surface area contributed by atoms with Gasteiger partial charge in [0.05, 0.1) is 0 Å². The number of hydrogen-bond acceptors (Lipinski definition) is 2. The monoisotopic (exact) mass is 323 g/mol. The van der Waals surface area contributed by atoms with E-state index in [4.69, 9.17) is 0 Å². The zero-order chi connectivity index (χ0) is 16.6. The topological polar surface area (TPSA) is 32.6 Å². The zero-order valence-corrected chi connectivity index (χ0v) is 12.9. The van der Waals surface area contributed by atoms with Crippen molar-refractivity contribution < 1.29 is 18.3 Å². The fourth-order valence-electron chi connectivity index (χ4n) is 3.58. The first-order valence-corrected chi connectivity index (χ1v) is 7.91. The summed E-state index contributed by atoms with van der Waals surface area (Å²) in [5.74, 6) is 0.116. The van der Waals surface area contributed by atoms with Crippen molar-refractivity contribution in [1.29, 1.82) is 0 Å². The largest absolute Gasteiger partial charge is 0.414 e. The number of rotatable bonds is 2. The SMILES string of the molecule is CC1C(C2=CCC(C(O)C(F)(F)F)C=C2)=NCC2C=CC=CC21. The van der Waals surface area contributed by atoms with Gasteiger partial charge in [-0.2, -0.15) is 13.2 Å². The van der Waals surface area contributed by atoms with Gasteiger partial charge in [-0.1, -0.05) is 49.5 Å². The van der Waals surface area contributed by atoms with Crippen LogP contribution in [0, 0.1) is 23.7 Å². The van der Waals surface area contributed by atoms with Gasteiger partial charge in [-0.25, -0.2) is 0 Å². The second kappa shape index (κ2) is 6.11. The highest BCUT2D eigenvalue weighted by Gasteiger charge is 2.43. The summed E-state index contributed by atoms with van der Waals surface area (Å²) < 4.78 is 37.8. The molecule has 3 aliphatic rings. The van der Waals surface area contributed by atoms with E-state index in [1.165, 1.54) is 6.08 Å². The average molecular weight is 323 g/mol. The van der Waals surface area contributed by atoms with Crippen LogP contribution in [0.1, 0.15) is 13.3 Å². The first kappa shape index (κ1) is 16.2. The van der Waals surface area contributed by atoms with Gasteiger partial charge in [-0.3, -0.25) is 4.99 Å². The molecule has 5 unspecified atom stereocenters. The third kappa shape index (κ3) is 3.20. The molecule has 5 heteroatoms. The van der Waals surface area contributed by atoms with Crippen molar-refractivity contribution in [2.45, 2.75) is 25.6 Å². The second-order valence-corrected chi connectivity index (χ2v) is 6.43. The van der Waals surface area contributed by atoms with Gasteiger partial charge in [0, 0.05) is 30.0 Å². The number of allylic oxidation sites excluding steroid dienone is 6. The molecule has 0 aromatic carbocycles. The number of aliphatic hydroxyl groups excluding tert-OH is 1. The maximum atomic E-state index is 12.6. The molecule has 0 saturated heterocycles. The van der Waals surface area contributed by atoms with Gasteiger partial charge >= 0.3 is 6.18 Å². The van der Waals surface area contributed by atoms with Crippen molar-refractivity contribution in [3.8, 4) is 0 Å². The molecular weight excluding hydrogens is 303 g/mol. The Morgan fingerprint density at radius 3 is 2.61 bits per heavy atom. The summed E-state index contributed by atoms with van der Waals surface area (Å²) in [6.07, 6.45) is 6.65. The van der Waals surface area contributed by atoms with Crippen LogP contribution in [0.4, 0.5) is 13.2 Å². The fourth-order valence-corrected chi connectivity index (χ4v) is 3.58. The standard InChI is InChI=1S/C18H20F3NO/c1-11-15-5-3-2-4-14(15)10-22-16(11)12-6-8-13(9-7-12)17(23)18(19,20)21/h2-8,11,13-15,17,23H,9-10H2,1H3. The van der Waals surface area contributed by atoms with Crippen LogP contribution in [0.3, 0.4) is 0 Å².